The molecule has 0 aliphatic heterocycles. The van der Waals surface area contributed by atoms with Crippen LogP contribution < -0.4 is 0 Å². The van der Waals surface area contributed by atoms with E-state index in [1.165, 1.54) is 63.4 Å². The van der Waals surface area contributed by atoms with E-state index in [1.807, 2.05) is 0 Å². The van der Waals surface area contributed by atoms with Gasteiger partial charge in [-0.2, -0.15) is 0 Å². The molecule has 35 heavy (non-hydrogen) atoms. The molecule has 3 saturated carbocycles. The Morgan fingerprint density at radius 2 is 1.89 bits per heavy atom. The zero-order valence-corrected chi connectivity index (χ0v) is 23.8. The van der Waals surface area contributed by atoms with Gasteiger partial charge in [0.2, 0.25) is 0 Å². The average Bonchev–Trinajstić information content (AvgIpc) is 3.17. The fraction of sp³-hybridized carbons (Fsp3) is 0.848. The molecule has 0 amide bonds. The number of carbonyl (C=O) groups excluding carboxylic acids is 1. The van der Waals surface area contributed by atoms with Crippen molar-refractivity contribution in [2.24, 2.45) is 46.3 Å². The minimum absolute atomic E-state index is 0.00319. The van der Waals surface area contributed by atoms with Crippen LogP contribution in [0.5, 0.6) is 0 Å². The summed E-state index contributed by atoms with van der Waals surface area (Å²) in [7, 11) is 0. The first-order valence-corrected chi connectivity index (χ1v) is 15.2. The Labute approximate surface area is 216 Å². The Kier molecular flexibility index (Phi) is 8.29. The summed E-state index contributed by atoms with van der Waals surface area (Å²) in [6, 6.07) is 0. The fourth-order valence-corrected chi connectivity index (χ4v) is 9.62. The van der Waals surface area contributed by atoms with Crippen molar-refractivity contribution in [1.82, 2.24) is 0 Å². The molecule has 0 aromatic heterocycles. The van der Waals surface area contributed by atoms with Gasteiger partial charge in [-0.25, -0.2) is 0 Å². The highest BCUT2D eigenvalue weighted by molar-refractivity contribution is 5.69. The molecule has 2 nitrogen and oxygen atoms in total. The molecular formula is C33H54O2. The first-order valence-electron chi connectivity index (χ1n) is 15.2. The van der Waals surface area contributed by atoms with Crippen LogP contribution in [0.4, 0.5) is 0 Å². The van der Waals surface area contributed by atoms with Gasteiger partial charge in [0.25, 0.3) is 0 Å². The Hall–Kier alpha value is -1.05. The van der Waals surface area contributed by atoms with Crippen LogP contribution in [0, 0.1) is 46.3 Å². The smallest absolute Gasteiger partial charge is 0.306 e. The van der Waals surface area contributed by atoms with Gasteiger partial charge >= 0.3 is 5.97 Å². The van der Waals surface area contributed by atoms with Crippen LogP contribution in [-0.4, -0.2) is 12.1 Å². The van der Waals surface area contributed by atoms with Gasteiger partial charge in [-0.05, 0) is 124 Å². The maximum Gasteiger partial charge on any atom is 0.306 e. The van der Waals surface area contributed by atoms with E-state index in [0.29, 0.717) is 23.2 Å². The molecule has 9 atom stereocenters. The third kappa shape index (κ3) is 5.06. The summed E-state index contributed by atoms with van der Waals surface area (Å²) in [5.41, 5.74) is 3.86. The van der Waals surface area contributed by atoms with E-state index in [1.54, 1.807) is 5.57 Å². The Morgan fingerprint density at radius 1 is 1.11 bits per heavy atom. The highest BCUT2D eigenvalue weighted by atomic mass is 16.5. The van der Waals surface area contributed by atoms with Crippen LogP contribution >= 0.6 is 0 Å². The van der Waals surface area contributed by atoms with E-state index in [2.05, 4.69) is 54.2 Å². The van der Waals surface area contributed by atoms with Crippen molar-refractivity contribution >= 4 is 5.97 Å². The van der Waals surface area contributed by atoms with Gasteiger partial charge in [-0.1, -0.05) is 58.4 Å². The summed E-state index contributed by atoms with van der Waals surface area (Å²) >= 11 is 0. The number of allylic oxidation sites excluding steroid dienone is 2. The van der Waals surface area contributed by atoms with Crippen molar-refractivity contribution < 1.29 is 9.53 Å². The van der Waals surface area contributed by atoms with Crippen molar-refractivity contribution in [3.63, 3.8) is 0 Å². The predicted octanol–water partition coefficient (Wildman–Crippen LogP) is 9.30. The van der Waals surface area contributed by atoms with Gasteiger partial charge in [0.1, 0.15) is 6.10 Å². The number of carbonyl (C=O) groups is 1. The average molecular weight is 483 g/mol. The summed E-state index contributed by atoms with van der Waals surface area (Å²) in [6.45, 7) is 18.7. The maximum atomic E-state index is 12.1. The second-order valence-electron chi connectivity index (χ2n) is 13.6. The Morgan fingerprint density at radius 3 is 2.57 bits per heavy atom. The van der Waals surface area contributed by atoms with Gasteiger partial charge in [0.05, 0.1) is 0 Å². The molecule has 3 fully saturated rings. The van der Waals surface area contributed by atoms with Gasteiger partial charge < -0.3 is 4.74 Å². The number of fused-ring (bicyclic) bond motifs is 5. The largest absolute Gasteiger partial charge is 0.462 e. The van der Waals surface area contributed by atoms with Crippen LogP contribution in [0.25, 0.3) is 0 Å². The lowest BCUT2D eigenvalue weighted by Crippen LogP contribution is -2.51. The Bertz CT molecular complexity index is 810. The molecule has 0 heterocycles. The summed E-state index contributed by atoms with van der Waals surface area (Å²) in [5.74, 6) is 5.01. The first kappa shape index (κ1) is 27.0. The molecule has 0 N–H and O–H groups in total. The molecule has 2 heteroatoms. The third-order valence-corrected chi connectivity index (χ3v) is 11.7. The molecule has 0 radical (unpaired) electrons. The summed E-state index contributed by atoms with van der Waals surface area (Å²) in [5, 5.41) is 0. The number of ether oxygens (including phenoxy) is 1. The van der Waals surface area contributed by atoms with Crippen LogP contribution in [0.3, 0.4) is 0 Å². The fourth-order valence-electron chi connectivity index (χ4n) is 9.62. The van der Waals surface area contributed by atoms with E-state index in [-0.39, 0.29) is 12.1 Å². The molecule has 4 aliphatic carbocycles. The van der Waals surface area contributed by atoms with Gasteiger partial charge in [0.15, 0.2) is 0 Å². The standard InChI is InChI=1S/C33H54O2/c1-8-10-31(34)35-26-17-19-32(6)25(21-26)13-14-27-29-16-15-28(33(29,7)20-18-30(27)32)23(5)11-12-24(9-2)22(3)4/h13,23-24,26-30H,3,8-12,14-21H2,1-2,4-7H3/t23-,24+,26+,27+,28-,29+,30+,32+,33-/m1/s1. The number of hydrogen-bond acceptors (Lipinski definition) is 2. The summed E-state index contributed by atoms with van der Waals surface area (Å²) in [4.78, 5) is 12.1. The minimum atomic E-state index is 0.00319. The van der Waals surface area contributed by atoms with Crippen LogP contribution in [0.2, 0.25) is 0 Å². The number of hydrogen-bond donors (Lipinski definition) is 0. The first-order chi connectivity index (χ1) is 16.6. The lowest BCUT2D eigenvalue weighted by molar-refractivity contribution is -0.151. The number of rotatable bonds is 9. The van der Waals surface area contributed by atoms with Crippen molar-refractivity contribution in [1.29, 1.82) is 0 Å². The molecule has 4 aliphatic rings. The normalized spacial score (nSPS) is 40.1. The van der Waals surface area contributed by atoms with Crippen LogP contribution in [-0.2, 0) is 9.53 Å². The number of esters is 1. The van der Waals surface area contributed by atoms with Crippen molar-refractivity contribution in [3.8, 4) is 0 Å². The minimum Gasteiger partial charge on any atom is -0.462 e. The molecule has 0 aromatic rings. The molecule has 0 unspecified atom stereocenters. The molecule has 4 rings (SSSR count). The third-order valence-electron chi connectivity index (χ3n) is 11.7. The van der Waals surface area contributed by atoms with Gasteiger partial charge in [-0.3, -0.25) is 4.79 Å². The molecule has 0 saturated heterocycles. The quantitative estimate of drug-likeness (QED) is 0.242. The van der Waals surface area contributed by atoms with Crippen molar-refractivity contribution in [3.05, 3.63) is 23.8 Å². The van der Waals surface area contributed by atoms with Gasteiger partial charge in [-0.15, -0.1) is 0 Å². The van der Waals surface area contributed by atoms with Gasteiger partial charge in [0, 0.05) is 12.8 Å². The molecular weight excluding hydrogens is 428 g/mol. The molecule has 0 aromatic carbocycles. The van der Waals surface area contributed by atoms with E-state index < -0.39 is 0 Å². The SMILES string of the molecule is C=C(C)[C@@H](CC)CC[C@@H](C)[C@H]1CC[C@H]2[C@@H]3CC=C4C[C@@H](OC(=O)CCC)CC[C@]4(C)[C@H]3CC[C@]12C. The lowest BCUT2D eigenvalue weighted by Gasteiger charge is -2.58. The van der Waals surface area contributed by atoms with E-state index in [9.17, 15) is 4.79 Å². The van der Waals surface area contributed by atoms with E-state index >= 15 is 0 Å². The van der Waals surface area contributed by atoms with E-state index in [4.69, 9.17) is 4.74 Å². The summed E-state index contributed by atoms with van der Waals surface area (Å²) in [6.07, 6.45) is 18.3. The van der Waals surface area contributed by atoms with Crippen molar-refractivity contribution in [2.45, 2.75) is 131 Å². The zero-order chi connectivity index (χ0) is 25.4. The van der Waals surface area contributed by atoms with Crippen LogP contribution in [0.1, 0.15) is 125 Å². The van der Waals surface area contributed by atoms with Crippen molar-refractivity contribution in [2.75, 3.05) is 0 Å². The topological polar surface area (TPSA) is 26.3 Å². The second-order valence-corrected chi connectivity index (χ2v) is 13.6. The highest BCUT2D eigenvalue weighted by Gasteiger charge is 2.59. The lowest BCUT2D eigenvalue weighted by atomic mass is 9.47. The second kappa shape index (κ2) is 10.7. The predicted molar refractivity (Wildman–Crippen MR) is 147 cm³/mol. The van der Waals surface area contributed by atoms with Crippen LogP contribution in [0.15, 0.2) is 23.8 Å². The zero-order valence-electron chi connectivity index (χ0n) is 23.8. The molecule has 0 bridgehead atoms. The molecule has 0 spiro atoms. The maximum absolute atomic E-state index is 12.1. The Balaban J connectivity index is 1.43. The monoisotopic (exact) mass is 482 g/mol. The molecule has 198 valence electrons. The van der Waals surface area contributed by atoms with E-state index in [0.717, 1.165) is 48.9 Å². The highest BCUT2D eigenvalue weighted by Crippen LogP contribution is 2.67. The summed E-state index contributed by atoms with van der Waals surface area (Å²) < 4.78 is 5.86.